The Bertz CT molecular complexity index is 1560. The number of hydrogen-bond donors (Lipinski definition) is 2. The Balaban J connectivity index is 1.32. The molecule has 7 nitrogen and oxygen atoms in total. The van der Waals surface area contributed by atoms with Crippen LogP contribution >= 0.6 is 0 Å². The molecule has 0 aliphatic carbocycles. The summed E-state index contributed by atoms with van der Waals surface area (Å²) in [6, 6.07) is 15.6. The van der Waals surface area contributed by atoms with Gasteiger partial charge in [0.1, 0.15) is 5.82 Å². The van der Waals surface area contributed by atoms with Crippen LogP contribution in [0.3, 0.4) is 0 Å². The van der Waals surface area contributed by atoms with Crippen LogP contribution in [0, 0.1) is 11.7 Å². The number of carbonyl (C=O) groups excluding carboxylic acids is 1. The van der Waals surface area contributed by atoms with Crippen LogP contribution in [0.2, 0.25) is 0 Å². The lowest BCUT2D eigenvalue weighted by atomic mass is 9.98. The summed E-state index contributed by atoms with van der Waals surface area (Å²) in [5.74, 6) is 0.145. The topological polar surface area (TPSA) is 86.3 Å². The van der Waals surface area contributed by atoms with E-state index >= 15 is 0 Å². The molecule has 3 heterocycles. The van der Waals surface area contributed by atoms with Crippen LogP contribution in [0.25, 0.3) is 27.7 Å². The fraction of sp³-hybridized carbons (Fsp3) is 0.250. The molecule has 2 aromatic carbocycles. The minimum Gasteiger partial charge on any atom is -0.319 e. The van der Waals surface area contributed by atoms with E-state index in [1.54, 1.807) is 30.5 Å². The second kappa shape index (κ2) is 12.2. The Labute approximate surface area is 233 Å². The summed E-state index contributed by atoms with van der Waals surface area (Å²) in [4.78, 5) is 24.1. The van der Waals surface area contributed by atoms with Crippen molar-refractivity contribution in [3.05, 3.63) is 95.7 Å². The number of hydrogen-bond acceptors (Lipinski definition) is 5. The lowest BCUT2D eigenvalue weighted by Crippen LogP contribution is -2.34. The molecule has 40 heavy (non-hydrogen) atoms. The first-order chi connectivity index (χ1) is 19.4. The van der Waals surface area contributed by atoms with Crippen molar-refractivity contribution in [2.24, 2.45) is 10.9 Å². The quantitative estimate of drug-likeness (QED) is 0.193. The van der Waals surface area contributed by atoms with E-state index in [1.807, 2.05) is 24.4 Å². The van der Waals surface area contributed by atoms with Gasteiger partial charge >= 0.3 is 0 Å². The first-order valence-electron chi connectivity index (χ1n) is 13.5. The lowest BCUT2D eigenvalue weighted by Gasteiger charge is -2.30. The van der Waals surface area contributed by atoms with Crippen molar-refractivity contribution in [1.29, 1.82) is 0 Å². The number of rotatable bonds is 8. The van der Waals surface area contributed by atoms with E-state index in [9.17, 15) is 9.18 Å². The van der Waals surface area contributed by atoms with Crippen molar-refractivity contribution in [3.8, 4) is 11.3 Å². The second-order valence-corrected chi connectivity index (χ2v) is 10.4. The minimum absolute atomic E-state index is 0.300. The normalized spacial score (nSPS) is 15.4. The predicted molar refractivity (Wildman–Crippen MR) is 160 cm³/mol. The number of anilines is 1. The van der Waals surface area contributed by atoms with Crippen LogP contribution in [-0.2, 0) is 0 Å². The molecule has 1 saturated heterocycles. The Morgan fingerprint density at radius 2 is 1.95 bits per heavy atom. The van der Waals surface area contributed by atoms with Gasteiger partial charge in [0.15, 0.2) is 5.69 Å². The van der Waals surface area contributed by atoms with Crippen LogP contribution in [0.5, 0.6) is 0 Å². The number of H-pyrrole nitrogens is 1. The number of pyridine rings is 1. The minimum atomic E-state index is -0.336. The largest absolute Gasteiger partial charge is 0.319 e. The Hall–Kier alpha value is -4.43. The van der Waals surface area contributed by atoms with Crippen molar-refractivity contribution in [2.45, 2.75) is 26.7 Å². The van der Waals surface area contributed by atoms with Gasteiger partial charge < -0.3 is 5.32 Å². The smallest absolute Gasteiger partial charge is 0.276 e. The SMILES string of the molecule is C=N/C=C(\C=C(/C)c1ccc2[nH]nc(C(=O)Nc3ccc(-c4ccc(F)cc4)nc3)c2c1)CN1CCC(C)CC1. The number of likely N-dealkylation sites (tertiary alicyclic amines) is 1. The Morgan fingerprint density at radius 1 is 1.18 bits per heavy atom. The number of allylic oxidation sites excluding steroid dienone is 1. The highest BCUT2D eigenvalue weighted by molar-refractivity contribution is 6.11. The molecule has 0 saturated carbocycles. The van der Waals surface area contributed by atoms with Gasteiger partial charge in [-0.05, 0) is 111 Å². The number of halogens is 1. The first-order valence-corrected chi connectivity index (χ1v) is 13.5. The molecule has 0 spiro atoms. The number of nitrogens with one attached hydrogen (secondary N) is 2. The van der Waals surface area contributed by atoms with E-state index in [2.05, 4.69) is 57.0 Å². The molecule has 0 unspecified atom stereocenters. The maximum atomic E-state index is 13.2. The van der Waals surface area contributed by atoms with Crippen molar-refractivity contribution in [2.75, 3.05) is 25.0 Å². The third-order valence-corrected chi connectivity index (χ3v) is 7.34. The third-order valence-electron chi connectivity index (χ3n) is 7.34. The van der Waals surface area contributed by atoms with Crippen molar-refractivity contribution in [3.63, 3.8) is 0 Å². The summed E-state index contributed by atoms with van der Waals surface area (Å²) in [5, 5.41) is 10.9. The molecule has 0 bridgehead atoms. The predicted octanol–water partition coefficient (Wildman–Crippen LogP) is 6.74. The molecule has 2 aromatic heterocycles. The average Bonchev–Trinajstić information content (AvgIpc) is 3.39. The van der Waals surface area contributed by atoms with Crippen LogP contribution in [0.1, 0.15) is 42.7 Å². The van der Waals surface area contributed by atoms with Gasteiger partial charge in [-0.25, -0.2) is 4.39 Å². The van der Waals surface area contributed by atoms with Crippen LogP contribution in [0.4, 0.5) is 10.1 Å². The van der Waals surface area contributed by atoms with Gasteiger partial charge in [-0.15, -0.1) is 0 Å². The molecule has 0 radical (unpaired) electrons. The van der Waals surface area contributed by atoms with Gasteiger partial charge in [-0.1, -0.05) is 19.1 Å². The van der Waals surface area contributed by atoms with E-state index in [-0.39, 0.29) is 11.7 Å². The van der Waals surface area contributed by atoms with Gasteiger partial charge in [0, 0.05) is 23.7 Å². The molecule has 8 heteroatoms. The van der Waals surface area contributed by atoms with E-state index in [0.29, 0.717) is 17.1 Å². The van der Waals surface area contributed by atoms with Gasteiger partial charge in [0.25, 0.3) is 5.91 Å². The standard InChI is InChI=1S/C32H33FN6O/c1-21-12-14-39(15-13-21)20-23(18-34-3)16-22(2)25-6-10-30-28(17-25)31(38-37-30)32(40)36-27-9-11-29(35-19-27)24-4-7-26(33)8-5-24/h4-11,16-19,21H,3,12-15,20H2,1-2H3,(H,36,40)(H,37,38)/b22-16+,23-18+. The van der Waals surface area contributed by atoms with Crippen molar-refractivity contribution >= 4 is 34.8 Å². The van der Waals surface area contributed by atoms with Gasteiger partial charge in [-0.3, -0.25) is 24.8 Å². The Kier molecular flexibility index (Phi) is 8.26. The Morgan fingerprint density at radius 3 is 2.65 bits per heavy atom. The van der Waals surface area contributed by atoms with E-state index in [0.717, 1.165) is 58.7 Å². The number of piperidine rings is 1. The summed E-state index contributed by atoms with van der Waals surface area (Å²) in [7, 11) is 0. The van der Waals surface area contributed by atoms with Crippen LogP contribution in [0.15, 0.2) is 83.6 Å². The zero-order valence-corrected chi connectivity index (χ0v) is 22.8. The summed E-state index contributed by atoms with van der Waals surface area (Å²) >= 11 is 0. The summed E-state index contributed by atoms with van der Waals surface area (Å²) in [5.41, 5.74) is 6.26. The van der Waals surface area contributed by atoms with Gasteiger partial charge in [0.05, 0.1) is 23.1 Å². The fourth-order valence-electron chi connectivity index (χ4n) is 4.96. The summed E-state index contributed by atoms with van der Waals surface area (Å²) in [6.07, 6.45) is 7.98. The summed E-state index contributed by atoms with van der Waals surface area (Å²) < 4.78 is 13.2. The van der Waals surface area contributed by atoms with E-state index in [1.165, 1.54) is 25.0 Å². The molecular formula is C32H33FN6O. The molecule has 0 atom stereocenters. The van der Waals surface area contributed by atoms with Crippen molar-refractivity contribution in [1.82, 2.24) is 20.1 Å². The van der Waals surface area contributed by atoms with Crippen molar-refractivity contribution < 1.29 is 9.18 Å². The van der Waals surface area contributed by atoms with Crippen LogP contribution < -0.4 is 5.32 Å². The zero-order chi connectivity index (χ0) is 28.1. The highest BCUT2D eigenvalue weighted by atomic mass is 19.1. The first kappa shape index (κ1) is 27.1. The number of nitrogens with zero attached hydrogens (tertiary/aromatic N) is 4. The molecule has 1 aliphatic heterocycles. The number of aliphatic imine (C=N–C) groups is 1. The molecule has 1 fully saturated rings. The van der Waals surface area contributed by atoms with E-state index < -0.39 is 0 Å². The maximum Gasteiger partial charge on any atom is 0.276 e. The number of fused-ring (bicyclic) bond motifs is 1. The molecule has 2 N–H and O–H groups in total. The lowest BCUT2D eigenvalue weighted by molar-refractivity contribution is 0.102. The zero-order valence-electron chi connectivity index (χ0n) is 22.8. The molecule has 5 rings (SSSR count). The number of carbonyl (C=O) groups is 1. The highest BCUT2D eigenvalue weighted by Gasteiger charge is 2.18. The molecule has 1 amide bonds. The van der Waals surface area contributed by atoms with Gasteiger partial charge in [-0.2, -0.15) is 5.10 Å². The average molecular weight is 537 g/mol. The number of aromatic amines is 1. The number of benzene rings is 2. The monoisotopic (exact) mass is 536 g/mol. The molecule has 204 valence electrons. The third kappa shape index (κ3) is 6.40. The maximum absolute atomic E-state index is 13.2. The second-order valence-electron chi connectivity index (χ2n) is 10.4. The fourth-order valence-corrected chi connectivity index (χ4v) is 4.96. The molecular weight excluding hydrogens is 503 g/mol. The highest BCUT2D eigenvalue weighted by Crippen LogP contribution is 2.25. The van der Waals surface area contributed by atoms with Gasteiger partial charge in [0.2, 0.25) is 0 Å². The van der Waals surface area contributed by atoms with E-state index in [4.69, 9.17) is 0 Å². The summed E-state index contributed by atoms with van der Waals surface area (Å²) in [6.45, 7) is 11.0. The molecule has 4 aromatic rings. The van der Waals surface area contributed by atoms with Crippen LogP contribution in [-0.4, -0.2) is 52.3 Å². The number of aromatic nitrogens is 3. The molecule has 1 aliphatic rings. The number of amides is 1.